The third-order valence-electron chi connectivity index (χ3n) is 4.45. The fourth-order valence-corrected chi connectivity index (χ4v) is 4.51. The molecule has 2 atom stereocenters. The Morgan fingerprint density at radius 2 is 2.06 bits per heavy atom. The van der Waals surface area contributed by atoms with Gasteiger partial charge in [-0.2, -0.15) is 11.8 Å². The molecule has 0 amide bonds. The van der Waals surface area contributed by atoms with Gasteiger partial charge in [0.25, 0.3) is 0 Å². The van der Waals surface area contributed by atoms with E-state index in [1.165, 1.54) is 57.6 Å². The van der Waals surface area contributed by atoms with E-state index in [1.807, 2.05) is 0 Å². The van der Waals surface area contributed by atoms with Crippen LogP contribution in [0.4, 0.5) is 0 Å². The van der Waals surface area contributed by atoms with Crippen molar-refractivity contribution in [2.45, 2.75) is 57.2 Å². The van der Waals surface area contributed by atoms with Gasteiger partial charge in [-0.3, -0.25) is 4.90 Å². The number of hydrogen-bond donors (Lipinski definition) is 1. The van der Waals surface area contributed by atoms with E-state index in [2.05, 4.69) is 42.7 Å². The number of nitrogens with one attached hydrogen (secondary N) is 1. The van der Waals surface area contributed by atoms with E-state index < -0.39 is 0 Å². The van der Waals surface area contributed by atoms with Crippen molar-refractivity contribution < 1.29 is 0 Å². The number of thioether (sulfide) groups is 1. The first-order chi connectivity index (χ1) is 8.57. The smallest absolute Gasteiger partial charge is 0.0231 e. The van der Waals surface area contributed by atoms with E-state index in [4.69, 9.17) is 0 Å². The average Bonchev–Trinajstić information content (AvgIpc) is 2.30. The second-order valence-corrected chi connectivity index (χ2v) is 8.51. The molecule has 2 nitrogen and oxygen atoms in total. The zero-order valence-electron chi connectivity index (χ0n) is 12.4. The summed E-state index contributed by atoms with van der Waals surface area (Å²) in [6, 6.07) is 0.783. The predicted molar refractivity (Wildman–Crippen MR) is 82.4 cm³/mol. The Balaban J connectivity index is 1.65. The first-order valence-corrected chi connectivity index (χ1v) is 8.65. The Bertz CT molecular complexity index is 255. The van der Waals surface area contributed by atoms with Crippen LogP contribution in [0.3, 0.4) is 0 Å². The molecule has 1 heterocycles. The lowest BCUT2D eigenvalue weighted by molar-refractivity contribution is 0.234. The molecule has 2 fully saturated rings. The van der Waals surface area contributed by atoms with Gasteiger partial charge in [-0.1, -0.05) is 19.8 Å². The topological polar surface area (TPSA) is 15.3 Å². The summed E-state index contributed by atoms with van der Waals surface area (Å²) in [5.41, 5.74) is 0. The van der Waals surface area contributed by atoms with Crippen LogP contribution in [-0.2, 0) is 0 Å². The van der Waals surface area contributed by atoms with Gasteiger partial charge in [0.05, 0.1) is 0 Å². The molecule has 0 spiro atoms. The van der Waals surface area contributed by atoms with Crippen molar-refractivity contribution in [1.82, 2.24) is 10.2 Å². The Morgan fingerprint density at radius 1 is 1.28 bits per heavy atom. The molecule has 0 aromatic carbocycles. The van der Waals surface area contributed by atoms with Gasteiger partial charge in [-0.25, -0.2) is 0 Å². The van der Waals surface area contributed by atoms with Crippen LogP contribution in [0.2, 0.25) is 0 Å². The molecule has 0 aromatic rings. The van der Waals surface area contributed by atoms with Crippen LogP contribution in [0.15, 0.2) is 0 Å². The van der Waals surface area contributed by atoms with E-state index in [-0.39, 0.29) is 0 Å². The summed E-state index contributed by atoms with van der Waals surface area (Å²) in [6.45, 7) is 12.1. The van der Waals surface area contributed by atoms with Crippen molar-refractivity contribution in [2.24, 2.45) is 5.92 Å². The van der Waals surface area contributed by atoms with Crippen molar-refractivity contribution >= 4 is 11.8 Å². The van der Waals surface area contributed by atoms with Gasteiger partial charge in [0.15, 0.2) is 0 Å². The summed E-state index contributed by atoms with van der Waals surface area (Å²) in [5.74, 6) is 2.18. The van der Waals surface area contributed by atoms with Crippen LogP contribution in [0, 0.1) is 5.92 Å². The van der Waals surface area contributed by atoms with Gasteiger partial charge in [0.2, 0.25) is 0 Å². The molecule has 0 bridgehead atoms. The minimum atomic E-state index is 0.455. The molecule has 3 heteroatoms. The Morgan fingerprint density at radius 3 is 2.78 bits per heavy atom. The van der Waals surface area contributed by atoms with E-state index in [0.717, 1.165) is 12.0 Å². The lowest BCUT2D eigenvalue weighted by atomic mass is 9.86. The summed E-state index contributed by atoms with van der Waals surface area (Å²) < 4.78 is 0.455. The predicted octanol–water partition coefficient (Wildman–Crippen LogP) is 2.98. The van der Waals surface area contributed by atoms with Gasteiger partial charge < -0.3 is 5.32 Å². The van der Waals surface area contributed by atoms with Gasteiger partial charge >= 0.3 is 0 Å². The highest BCUT2D eigenvalue weighted by atomic mass is 32.2. The zero-order valence-corrected chi connectivity index (χ0v) is 13.2. The van der Waals surface area contributed by atoms with Gasteiger partial charge in [-0.15, -0.1) is 0 Å². The molecule has 2 unspecified atom stereocenters. The highest BCUT2D eigenvalue weighted by molar-refractivity contribution is 8.00. The molecule has 0 aromatic heterocycles. The number of hydrogen-bond acceptors (Lipinski definition) is 3. The maximum Gasteiger partial charge on any atom is 0.0231 e. The first kappa shape index (κ1) is 14.7. The van der Waals surface area contributed by atoms with Crippen LogP contribution in [0.5, 0.6) is 0 Å². The summed E-state index contributed by atoms with van der Waals surface area (Å²) in [4.78, 5) is 2.64. The van der Waals surface area contributed by atoms with Crippen LogP contribution < -0.4 is 5.32 Å². The van der Waals surface area contributed by atoms with Gasteiger partial charge in [-0.05, 0) is 32.6 Å². The van der Waals surface area contributed by atoms with Crippen LogP contribution >= 0.6 is 11.8 Å². The highest BCUT2D eigenvalue weighted by Crippen LogP contribution is 2.29. The van der Waals surface area contributed by atoms with E-state index in [0.29, 0.717) is 4.75 Å². The number of nitrogens with zero attached hydrogens (tertiary/aromatic N) is 1. The SMILES string of the molecule is CC1CCCCC1NCCN1CCSC(C)(C)C1. The molecule has 1 saturated heterocycles. The molecule has 2 aliphatic rings. The minimum absolute atomic E-state index is 0.455. The molecule has 106 valence electrons. The molecule has 1 aliphatic carbocycles. The standard InChI is InChI=1S/C15H30N2S/c1-13-6-4-5-7-14(13)16-8-9-17-10-11-18-15(2,3)12-17/h13-14,16H,4-12H2,1-3H3. The average molecular weight is 270 g/mol. The third-order valence-corrected chi connectivity index (χ3v) is 5.75. The van der Waals surface area contributed by atoms with E-state index in [1.54, 1.807) is 0 Å². The van der Waals surface area contributed by atoms with Crippen molar-refractivity contribution in [3.8, 4) is 0 Å². The molecule has 2 rings (SSSR count). The number of rotatable bonds is 4. The van der Waals surface area contributed by atoms with E-state index >= 15 is 0 Å². The minimum Gasteiger partial charge on any atom is -0.312 e. The van der Waals surface area contributed by atoms with Crippen molar-refractivity contribution in [3.05, 3.63) is 0 Å². The quantitative estimate of drug-likeness (QED) is 0.845. The second-order valence-electron chi connectivity index (χ2n) is 6.71. The Hall–Kier alpha value is 0.270. The summed E-state index contributed by atoms with van der Waals surface area (Å²) in [5, 5.41) is 3.80. The molecule has 1 N–H and O–H groups in total. The van der Waals surface area contributed by atoms with Gasteiger partial charge in [0, 0.05) is 42.7 Å². The molecule has 0 radical (unpaired) electrons. The van der Waals surface area contributed by atoms with Crippen LogP contribution in [0.25, 0.3) is 0 Å². The van der Waals surface area contributed by atoms with E-state index in [9.17, 15) is 0 Å². The third kappa shape index (κ3) is 4.43. The lowest BCUT2D eigenvalue weighted by Crippen LogP contribution is -2.47. The Labute approximate surface area is 117 Å². The molecular weight excluding hydrogens is 240 g/mol. The second kappa shape index (κ2) is 6.62. The van der Waals surface area contributed by atoms with Crippen LogP contribution in [-0.4, -0.2) is 47.6 Å². The van der Waals surface area contributed by atoms with Crippen LogP contribution in [0.1, 0.15) is 46.5 Å². The molecular formula is C15H30N2S. The Kier molecular flexibility index (Phi) is 5.40. The van der Waals surface area contributed by atoms with Crippen molar-refractivity contribution in [3.63, 3.8) is 0 Å². The molecule has 18 heavy (non-hydrogen) atoms. The largest absolute Gasteiger partial charge is 0.312 e. The van der Waals surface area contributed by atoms with Gasteiger partial charge in [0.1, 0.15) is 0 Å². The maximum atomic E-state index is 3.80. The first-order valence-electron chi connectivity index (χ1n) is 7.66. The monoisotopic (exact) mass is 270 g/mol. The summed E-state index contributed by atoms with van der Waals surface area (Å²) >= 11 is 2.12. The van der Waals surface area contributed by atoms with Crippen molar-refractivity contribution in [2.75, 3.05) is 31.9 Å². The molecule has 1 saturated carbocycles. The summed E-state index contributed by atoms with van der Waals surface area (Å²) in [6.07, 6.45) is 5.68. The van der Waals surface area contributed by atoms with Crippen molar-refractivity contribution in [1.29, 1.82) is 0 Å². The maximum absolute atomic E-state index is 3.80. The summed E-state index contributed by atoms with van der Waals surface area (Å²) in [7, 11) is 0. The fraction of sp³-hybridized carbons (Fsp3) is 1.00. The highest BCUT2D eigenvalue weighted by Gasteiger charge is 2.27. The zero-order chi connectivity index (χ0) is 13.0. The lowest BCUT2D eigenvalue weighted by Gasteiger charge is -2.38. The normalized spacial score (nSPS) is 33.5. The molecule has 1 aliphatic heterocycles. The fourth-order valence-electron chi connectivity index (χ4n) is 3.33.